The largest absolute Gasteiger partial charge is 0.325 e. The van der Waals surface area contributed by atoms with E-state index in [1.807, 2.05) is 47.0 Å². The number of nitrogens with one attached hydrogen (secondary N) is 1. The lowest BCUT2D eigenvalue weighted by Gasteiger charge is -2.27. The molecule has 0 bridgehead atoms. The Morgan fingerprint density at radius 2 is 1.74 bits per heavy atom. The second-order valence-electron chi connectivity index (χ2n) is 8.19. The first-order valence-electron chi connectivity index (χ1n) is 10.5. The quantitative estimate of drug-likeness (QED) is 0.262. The zero-order chi connectivity index (χ0) is 24.3. The van der Waals surface area contributed by atoms with Gasteiger partial charge < -0.3 is 5.32 Å². The summed E-state index contributed by atoms with van der Waals surface area (Å²) >= 11 is 13.7. The second kappa shape index (κ2) is 10.2. The van der Waals surface area contributed by atoms with Crippen molar-refractivity contribution in [2.75, 3.05) is 11.1 Å². The minimum atomic E-state index is -0.513. The summed E-state index contributed by atoms with van der Waals surface area (Å²) in [5.74, 6) is -0.305. The van der Waals surface area contributed by atoms with Crippen molar-refractivity contribution in [3.63, 3.8) is 0 Å². The van der Waals surface area contributed by atoms with Crippen LogP contribution in [0.1, 0.15) is 25.1 Å². The fourth-order valence-corrected chi connectivity index (χ4v) is 4.69. The number of rotatable bonds is 7. The highest BCUT2D eigenvalue weighted by Crippen LogP contribution is 2.38. The third kappa shape index (κ3) is 5.30. The maximum atomic E-state index is 13.7. The summed E-state index contributed by atoms with van der Waals surface area (Å²) in [5.41, 5.74) is 2.78. The number of halogens is 3. The fraction of sp³-hybridized carbons (Fsp3) is 0.154. The Hall–Kier alpha value is -2.80. The summed E-state index contributed by atoms with van der Waals surface area (Å²) in [4.78, 5) is 17.1. The number of aromatic nitrogens is 2. The van der Waals surface area contributed by atoms with Crippen LogP contribution in [0.15, 0.2) is 84.1 Å². The Labute approximate surface area is 212 Å². The number of thioether (sulfide) groups is 1. The molecule has 4 aromatic rings. The van der Waals surface area contributed by atoms with Crippen LogP contribution in [0.2, 0.25) is 10.0 Å². The van der Waals surface area contributed by atoms with Crippen LogP contribution in [0.25, 0.3) is 5.69 Å². The average Bonchev–Trinajstić information content (AvgIpc) is 3.25. The van der Waals surface area contributed by atoms with Crippen molar-refractivity contribution in [2.45, 2.75) is 24.4 Å². The summed E-state index contributed by atoms with van der Waals surface area (Å²) in [6.45, 7) is 4.11. The molecule has 0 radical (unpaired) electrons. The third-order valence-electron chi connectivity index (χ3n) is 5.49. The SMILES string of the molecule is CC(C)(c1ccc(Cl)c(Cl)c1)c1cnc(SCC(=O)Nc2ccccc2)n1-c1ccc(F)cc1. The molecular weight excluding hydrogens is 492 g/mol. The molecule has 8 heteroatoms. The van der Waals surface area contributed by atoms with Crippen molar-refractivity contribution >= 4 is 46.6 Å². The van der Waals surface area contributed by atoms with E-state index in [0.717, 1.165) is 22.6 Å². The average molecular weight is 514 g/mol. The van der Waals surface area contributed by atoms with Crippen molar-refractivity contribution in [3.05, 3.63) is 106 Å². The molecule has 4 nitrogen and oxygen atoms in total. The first-order chi connectivity index (χ1) is 16.3. The highest BCUT2D eigenvalue weighted by molar-refractivity contribution is 7.99. The van der Waals surface area contributed by atoms with E-state index in [9.17, 15) is 9.18 Å². The molecule has 0 fully saturated rings. The third-order valence-corrected chi connectivity index (χ3v) is 7.18. The van der Waals surface area contributed by atoms with E-state index in [2.05, 4.69) is 24.1 Å². The van der Waals surface area contributed by atoms with E-state index in [-0.39, 0.29) is 17.5 Å². The minimum absolute atomic E-state index is 0.143. The molecule has 1 amide bonds. The number of anilines is 1. The summed E-state index contributed by atoms with van der Waals surface area (Å²) in [6, 6.07) is 21.0. The van der Waals surface area contributed by atoms with Crippen LogP contribution >= 0.6 is 35.0 Å². The molecule has 0 aliphatic heterocycles. The zero-order valence-electron chi connectivity index (χ0n) is 18.6. The van der Waals surface area contributed by atoms with Crippen molar-refractivity contribution in [3.8, 4) is 5.69 Å². The number of carbonyl (C=O) groups is 1. The number of benzene rings is 3. The van der Waals surface area contributed by atoms with Gasteiger partial charge in [0, 0.05) is 16.8 Å². The van der Waals surface area contributed by atoms with E-state index < -0.39 is 5.41 Å². The molecule has 0 spiro atoms. The highest BCUT2D eigenvalue weighted by atomic mass is 35.5. The number of nitrogens with zero attached hydrogens (tertiary/aromatic N) is 2. The van der Waals surface area contributed by atoms with Gasteiger partial charge in [0.2, 0.25) is 5.91 Å². The van der Waals surface area contributed by atoms with Gasteiger partial charge in [0.25, 0.3) is 0 Å². The molecule has 1 N–H and O–H groups in total. The lowest BCUT2D eigenvalue weighted by molar-refractivity contribution is -0.113. The van der Waals surface area contributed by atoms with Crippen molar-refractivity contribution in [2.24, 2.45) is 0 Å². The first kappa shape index (κ1) is 24.3. The molecule has 174 valence electrons. The van der Waals surface area contributed by atoms with Crippen LogP contribution in [-0.2, 0) is 10.2 Å². The number of imidazole rings is 1. The van der Waals surface area contributed by atoms with Gasteiger partial charge in [-0.1, -0.05) is 73.1 Å². The normalized spacial score (nSPS) is 11.4. The fourth-order valence-electron chi connectivity index (χ4n) is 3.60. The van der Waals surface area contributed by atoms with Gasteiger partial charge in [0.1, 0.15) is 5.82 Å². The Morgan fingerprint density at radius 1 is 1.03 bits per heavy atom. The number of amides is 1. The predicted octanol–water partition coefficient (Wildman–Crippen LogP) is 7.37. The lowest BCUT2D eigenvalue weighted by Crippen LogP contribution is -2.23. The number of hydrogen-bond acceptors (Lipinski definition) is 3. The standard InChI is InChI=1S/C26H22Cl2FN3OS/c1-26(2,17-8-13-21(27)22(28)14-17)23-15-30-25(32(23)20-11-9-18(29)10-12-20)34-16-24(33)31-19-6-4-3-5-7-19/h3-15H,16H2,1-2H3,(H,31,33). The van der Waals surface area contributed by atoms with Crippen molar-refractivity contribution in [1.82, 2.24) is 9.55 Å². The highest BCUT2D eigenvalue weighted by Gasteiger charge is 2.30. The van der Waals surface area contributed by atoms with E-state index in [1.165, 1.54) is 23.9 Å². The predicted molar refractivity (Wildman–Crippen MR) is 138 cm³/mol. The maximum Gasteiger partial charge on any atom is 0.234 e. The molecule has 1 aromatic heterocycles. The van der Waals surface area contributed by atoms with Gasteiger partial charge in [0.15, 0.2) is 5.16 Å². The van der Waals surface area contributed by atoms with E-state index in [0.29, 0.717) is 15.2 Å². The van der Waals surface area contributed by atoms with Crippen molar-refractivity contribution < 1.29 is 9.18 Å². The zero-order valence-corrected chi connectivity index (χ0v) is 20.9. The topological polar surface area (TPSA) is 46.9 Å². The molecule has 0 saturated carbocycles. The Kier molecular flexibility index (Phi) is 7.31. The molecule has 0 aliphatic carbocycles. The minimum Gasteiger partial charge on any atom is -0.325 e. The van der Waals surface area contributed by atoms with E-state index >= 15 is 0 Å². The summed E-state index contributed by atoms with van der Waals surface area (Å²) in [7, 11) is 0. The molecule has 0 atom stereocenters. The van der Waals surface area contributed by atoms with Crippen LogP contribution in [0.5, 0.6) is 0 Å². The van der Waals surface area contributed by atoms with Gasteiger partial charge in [-0.15, -0.1) is 0 Å². The number of para-hydroxylation sites is 1. The summed E-state index contributed by atoms with van der Waals surface area (Å²) < 4.78 is 15.6. The van der Waals surface area contributed by atoms with Gasteiger partial charge in [-0.3, -0.25) is 9.36 Å². The second-order valence-corrected chi connectivity index (χ2v) is 9.95. The van der Waals surface area contributed by atoms with Crippen LogP contribution in [0, 0.1) is 5.82 Å². The molecule has 3 aromatic carbocycles. The van der Waals surface area contributed by atoms with Gasteiger partial charge in [-0.25, -0.2) is 9.37 Å². The summed E-state index contributed by atoms with van der Waals surface area (Å²) in [6.07, 6.45) is 1.78. The van der Waals surface area contributed by atoms with Crippen LogP contribution in [0.3, 0.4) is 0 Å². The van der Waals surface area contributed by atoms with Crippen molar-refractivity contribution in [1.29, 1.82) is 0 Å². The molecular formula is C26H22Cl2FN3OS. The van der Waals surface area contributed by atoms with Gasteiger partial charge in [-0.05, 0) is 54.1 Å². The van der Waals surface area contributed by atoms with Crippen LogP contribution in [0.4, 0.5) is 10.1 Å². The Morgan fingerprint density at radius 3 is 2.41 bits per heavy atom. The molecule has 0 aliphatic rings. The lowest BCUT2D eigenvalue weighted by atomic mass is 9.81. The molecule has 0 unspecified atom stereocenters. The van der Waals surface area contributed by atoms with Gasteiger partial charge >= 0.3 is 0 Å². The van der Waals surface area contributed by atoms with E-state index in [4.69, 9.17) is 23.2 Å². The molecule has 34 heavy (non-hydrogen) atoms. The number of carbonyl (C=O) groups excluding carboxylic acids is 1. The van der Waals surface area contributed by atoms with Gasteiger partial charge in [0.05, 0.1) is 27.7 Å². The van der Waals surface area contributed by atoms with Crippen LogP contribution in [-0.4, -0.2) is 21.2 Å². The maximum absolute atomic E-state index is 13.7. The van der Waals surface area contributed by atoms with Crippen LogP contribution < -0.4 is 5.32 Å². The Bertz CT molecular complexity index is 1310. The Balaban J connectivity index is 1.68. The monoisotopic (exact) mass is 513 g/mol. The number of hydrogen-bond donors (Lipinski definition) is 1. The van der Waals surface area contributed by atoms with Gasteiger partial charge in [-0.2, -0.15) is 0 Å². The molecule has 4 rings (SSSR count). The molecule has 1 heterocycles. The first-order valence-corrected chi connectivity index (χ1v) is 12.3. The van der Waals surface area contributed by atoms with E-state index in [1.54, 1.807) is 24.4 Å². The summed E-state index contributed by atoms with van der Waals surface area (Å²) in [5, 5.41) is 4.45. The smallest absolute Gasteiger partial charge is 0.234 e. The molecule has 0 saturated heterocycles.